The van der Waals surface area contributed by atoms with Gasteiger partial charge in [0.15, 0.2) is 0 Å². The van der Waals surface area contributed by atoms with Gasteiger partial charge in [-0.1, -0.05) is 19.8 Å². The molecule has 16 heavy (non-hydrogen) atoms. The lowest BCUT2D eigenvalue weighted by atomic mass is 9.78. The second-order valence-corrected chi connectivity index (χ2v) is 5.25. The quantitative estimate of drug-likeness (QED) is 0.717. The van der Waals surface area contributed by atoms with Crippen LogP contribution in [0.25, 0.3) is 0 Å². The molecule has 3 atom stereocenters. The fourth-order valence-electron chi connectivity index (χ4n) is 3.11. The predicted octanol–water partition coefficient (Wildman–Crippen LogP) is 2.04. The van der Waals surface area contributed by atoms with Crippen molar-refractivity contribution in [3.05, 3.63) is 0 Å². The largest absolute Gasteiger partial charge is 0.379 e. The highest BCUT2D eigenvalue weighted by Gasteiger charge is 2.31. The van der Waals surface area contributed by atoms with Gasteiger partial charge in [-0.3, -0.25) is 4.90 Å². The third kappa shape index (κ3) is 2.75. The Labute approximate surface area is 98.4 Å². The molecule has 1 saturated heterocycles. The summed E-state index contributed by atoms with van der Waals surface area (Å²) in [6.45, 7) is 5.77. The summed E-state index contributed by atoms with van der Waals surface area (Å²) in [7, 11) is 0. The molecule has 3 heteroatoms. The minimum Gasteiger partial charge on any atom is -0.379 e. The Morgan fingerprint density at radius 3 is 2.69 bits per heavy atom. The van der Waals surface area contributed by atoms with Gasteiger partial charge in [-0.15, -0.1) is 0 Å². The fraction of sp³-hybridized carbons (Fsp3) is 0.923. The van der Waals surface area contributed by atoms with Gasteiger partial charge >= 0.3 is 0 Å². The summed E-state index contributed by atoms with van der Waals surface area (Å²) >= 11 is 0. The monoisotopic (exact) mass is 222 g/mol. The zero-order valence-corrected chi connectivity index (χ0v) is 10.2. The van der Waals surface area contributed by atoms with E-state index in [2.05, 4.69) is 17.9 Å². The first-order valence-electron chi connectivity index (χ1n) is 6.52. The molecule has 2 rings (SSSR count). The molecule has 90 valence electrons. The zero-order valence-electron chi connectivity index (χ0n) is 10.2. The molecule has 2 aliphatic rings. The molecule has 1 aliphatic carbocycles. The number of morpholine rings is 1. The van der Waals surface area contributed by atoms with E-state index in [1.54, 1.807) is 0 Å². The molecular weight excluding hydrogens is 200 g/mol. The lowest BCUT2D eigenvalue weighted by Crippen LogP contribution is -2.47. The molecule has 0 amide bonds. The molecule has 0 bridgehead atoms. The van der Waals surface area contributed by atoms with Crippen molar-refractivity contribution in [3.63, 3.8) is 0 Å². The molecule has 3 nitrogen and oxygen atoms in total. The molecule has 1 aliphatic heterocycles. The van der Waals surface area contributed by atoms with Crippen molar-refractivity contribution in [2.24, 2.45) is 11.8 Å². The van der Waals surface area contributed by atoms with Gasteiger partial charge in [-0.05, 0) is 24.7 Å². The SMILES string of the molecule is CC1CCCC(C(C#N)N2CCOCC2)C1. The molecule has 2 fully saturated rings. The van der Waals surface area contributed by atoms with Gasteiger partial charge in [0.2, 0.25) is 0 Å². The van der Waals surface area contributed by atoms with Crippen LogP contribution in [-0.2, 0) is 4.74 Å². The Morgan fingerprint density at radius 2 is 2.06 bits per heavy atom. The molecule has 0 aromatic rings. The molecule has 0 spiro atoms. The second kappa shape index (κ2) is 5.65. The third-order valence-electron chi connectivity index (χ3n) is 3.99. The van der Waals surface area contributed by atoms with Crippen LogP contribution in [-0.4, -0.2) is 37.2 Å². The summed E-state index contributed by atoms with van der Waals surface area (Å²) in [4.78, 5) is 2.33. The molecule has 1 saturated carbocycles. The summed E-state index contributed by atoms with van der Waals surface area (Å²) < 4.78 is 5.35. The van der Waals surface area contributed by atoms with Crippen LogP contribution in [0.2, 0.25) is 0 Å². The van der Waals surface area contributed by atoms with Crippen molar-refractivity contribution in [1.29, 1.82) is 5.26 Å². The summed E-state index contributed by atoms with van der Waals surface area (Å²) in [6, 6.07) is 2.66. The Balaban J connectivity index is 1.95. The minimum atomic E-state index is 0.131. The van der Waals surface area contributed by atoms with E-state index in [9.17, 15) is 5.26 Å². The van der Waals surface area contributed by atoms with Crippen LogP contribution in [0.1, 0.15) is 32.6 Å². The number of nitrogens with zero attached hydrogens (tertiary/aromatic N) is 2. The molecule has 1 heterocycles. The van der Waals surface area contributed by atoms with Crippen LogP contribution in [0.4, 0.5) is 0 Å². The highest BCUT2D eigenvalue weighted by atomic mass is 16.5. The van der Waals surface area contributed by atoms with E-state index >= 15 is 0 Å². The van der Waals surface area contributed by atoms with Gasteiger partial charge < -0.3 is 4.74 Å². The molecule has 0 aromatic heterocycles. The number of nitriles is 1. The number of ether oxygens (including phenoxy) is 1. The van der Waals surface area contributed by atoms with Gasteiger partial charge in [0, 0.05) is 13.1 Å². The molecule has 0 N–H and O–H groups in total. The topological polar surface area (TPSA) is 36.3 Å². The van der Waals surface area contributed by atoms with Gasteiger partial charge in [-0.2, -0.15) is 5.26 Å². The van der Waals surface area contributed by atoms with Crippen LogP contribution in [0.3, 0.4) is 0 Å². The van der Waals surface area contributed by atoms with E-state index in [0.717, 1.165) is 32.2 Å². The van der Waals surface area contributed by atoms with Crippen molar-refractivity contribution in [2.75, 3.05) is 26.3 Å². The third-order valence-corrected chi connectivity index (χ3v) is 3.99. The standard InChI is InChI=1S/C13H22N2O/c1-11-3-2-4-12(9-11)13(10-14)15-5-7-16-8-6-15/h11-13H,2-9H2,1H3. The zero-order chi connectivity index (χ0) is 11.4. The number of hydrogen-bond donors (Lipinski definition) is 0. The number of hydrogen-bond acceptors (Lipinski definition) is 3. The first-order chi connectivity index (χ1) is 7.81. The molecule has 0 radical (unpaired) electrons. The van der Waals surface area contributed by atoms with Crippen LogP contribution in [0.15, 0.2) is 0 Å². The van der Waals surface area contributed by atoms with Gasteiger partial charge in [-0.25, -0.2) is 0 Å². The van der Waals surface area contributed by atoms with E-state index in [1.165, 1.54) is 25.7 Å². The normalized spacial score (nSPS) is 34.2. The van der Waals surface area contributed by atoms with E-state index < -0.39 is 0 Å². The first kappa shape index (κ1) is 11.9. The van der Waals surface area contributed by atoms with Crippen molar-refractivity contribution in [3.8, 4) is 6.07 Å². The van der Waals surface area contributed by atoms with Crippen molar-refractivity contribution in [1.82, 2.24) is 4.90 Å². The molecular formula is C13H22N2O. The van der Waals surface area contributed by atoms with Gasteiger partial charge in [0.1, 0.15) is 6.04 Å². The number of rotatable bonds is 2. The lowest BCUT2D eigenvalue weighted by Gasteiger charge is -2.38. The minimum absolute atomic E-state index is 0.131. The predicted molar refractivity (Wildman–Crippen MR) is 62.9 cm³/mol. The van der Waals surface area contributed by atoms with Crippen LogP contribution in [0, 0.1) is 23.2 Å². The molecule has 3 unspecified atom stereocenters. The highest BCUT2D eigenvalue weighted by molar-refractivity contribution is 4.98. The Hall–Kier alpha value is -0.590. The summed E-state index contributed by atoms with van der Waals surface area (Å²) in [5.74, 6) is 1.39. The van der Waals surface area contributed by atoms with Gasteiger partial charge in [0.05, 0.1) is 19.3 Å². The maximum absolute atomic E-state index is 9.38. The Bertz CT molecular complexity index is 255. The lowest BCUT2D eigenvalue weighted by molar-refractivity contribution is 0.00972. The first-order valence-corrected chi connectivity index (χ1v) is 6.52. The average Bonchev–Trinajstić information content (AvgIpc) is 2.31. The van der Waals surface area contributed by atoms with Crippen LogP contribution in [0.5, 0.6) is 0 Å². The van der Waals surface area contributed by atoms with Crippen molar-refractivity contribution >= 4 is 0 Å². The fourth-order valence-corrected chi connectivity index (χ4v) is 3.11. The van der Waals surface area contributed by atoms with Gasteiger partial charge in [0.25, 0.3) is 0 Å². The maximum atomic E-state index is 9.38. The summed E-state index contributed by atoms with van der Waals surface area (Å²) in [5, 5.41) is 9.38. The second-order valence-electron chi connectivity index (χ2n) is 5.25. The van der Waals surface area contributed by atoms with Crippen molar-refractivity contribution in [2.45, 2.75) is 38.6 Å². The van der Waals surface area contributed by atoms with E-state index in [-0.39, 0.29) is 6.04 Å². The van der Waals surface area contributed by atoms with Crippen LogP contribution >= 0.6 is 0 Å². The summed E-state index contributed by atoms with van der Waals surface area (Å²) in [5.41, 5.74) is 0. The van der Waals surface area contributed by atoms with E-state index in [0.29, 0.717) is 5.92 Å². The molecule has 0 aromatic carbocycles. The summed E-state index contributed by atoms with van der Waals surface area (Å²) in [6.07, 6.45) is 5.11. The average molecular weight is 222 g/mol. The van der Waals surface area contributed by atoms with Crippen molar-refractivity contribution < 1.29 is 4.74 Å². The highest BCUT2D eigenvalue weighted by Crippen LogP contribution is 2.32. The van der Waals surface area contributed by atoms with Crippen LogP contribution < -0.4 is 0 Å². The maximum Gasteiger partial charge on any atom is 0.101 e. The Kier molecular flexibility index (Phi) is 4.20. The smallest absolute Gasteiger partial charge is 0.101 e. The van der Waals surface area contributed by atoms with E-state index in [1.807, 2.05) is 0 Å². The van der Waals surface area contributed by atoms with E-state index in [4.69, 9.17) is 4.74 Å². The Morgan fingerprint density at radius 1 is 1.31 bits per heavy atom.